The molecule has 4 heterocycles. The highest BCUT2D eigenvalue weighted by molar-refractivity contribution is 6.03. The first-order valence-electron chi connectivity index (χ1n) is 11.6. The summed E-state index contributed by atoms with van der Waals surface area (Å²) >= 11 is 0. The van der Waals surface area contributed by atoms with Crippen LogP contribution in [-0.2, 0) is 12.8 Å². The van der Waals surface area contributed by atoms with Crippen molar-refractivity contribution in [1.29, 1.82) is 0 Å². The van der Waals surface area contributed by atoms with Gasteiger partial charge in [0, 0.05) is 36.5 Å². The highest BCUT2D eigenvalue weighted by Gasteiger charge is 2.44. The number of benzene rings is 1. The van der Waals surface area contributed by atoms with Crippen molar-refractivity contribution in [3.05, 3.63) is 83.5 Å². The van der Waals surface area contributed by atoms with Crippen LogP contribution in [0.15, 0.2) is 65.3 Å². The Kier molecular flexibility index (Phi) is 5.13. The molecule has 0 radical (unpaired) electrons. The standard InChI is InChI=1S/C26H24N6O2/c33-24-20-4-2-1-3-19(20)7-10-26(24)11-15-32(16-12-26)22-6-5-21(28-29-22)25-31-30-23(34-25)17-18-8-13-27-14-9-18/h1-6,8-9,13-14H,7,10-12,15-17H2. The minimum atomic E-state index is -0.243. The molecule has 4 aromatic rings. The van der Waals surface area contributed by atoms with Crippen LogP contribution >= 0.6 is 0 Å². The molecule has 6 rings (SSSR count). The molecule has 34 heavy (non-hydrogen) atoms. The Balaban J connectivity index is 1.12. The summed E-state index contributed by atoms with van der Waals surface area (Å²) in [6.45, 7) is 1.58. The molecule has 0 N–H and O–H groups in total. The minimum absolute atomic E-state index is 0.243. The molecule has 3 aromatic heterocycles. The van der Waals surface area contributed by atoms with Crippen LogP contribution < -0.4 is 4.90 Å². The summed E-state index contributed by atoms with van der Waals surface area (Å²) in [5.74, 6) is 1.99. The number of nitrogens with zero attached hydrogens (tertiary/aromatic N) is 6. The summed E-state index contributed by atoms with van der Waals surface area (Å²) in [6.07, 6.45) is 7.60. The van der Waals surface area contributed by atoms with Gasteiger partial charge in [-0.2, -0.15) is 0 Å². The molecule has 1 aliphatic heterocycles. The second kappa shape index (κ2) is 8.44. The topological polar surface area (TPSA) is 97.9 Å². The van der Waals surface area contributed by atoms with E-state index in [4.69, 9.17) is 4.42 Å². The summed E-state index contributed by atoms with van der Waals surface area (Å²) in [6, 6.07) is 15.7. The van der Waals surface area contributed by atoms with Gasteiger partial charge in [-0.3, -0.25) is 9.78 Å². The largest absolute Gasteiger partial charge is 0.419 e. The van der Waals surface area contributed by atoms with Gasteiger partial charge in [0.1, 0.15) is 5.69 Å². The van der Waals surface area contributed by atoms with E-state index in [-0.39, 0.29) is 5.41 Å². The maximum absolute atomic E-state index is 13.3. The van der Waals surface area contributed by atoms with Gasteiger partial charge in [-0.25, -0.2) is 0 Å². The van der Waals surface area contributed by atoms with E-state index in [2.05, 4.69) is 36.3 Å². The van der Waals surface area contributed by atoms with Gasteiger partial charge in [0.25, 0.3) is 5.89 Å². The van der Waals surface area contributed by atoms with Crippen molar-refractivity contribution >= 4 is 11.6 Å². The van der Waals surface area contributed by atoms with E-state index in [0.717, 1.165) is 55.7 Å². The minimum Gasteiger partial charge on any atom is -0.419 e. The molecule has 1 saturated heterocycles. The number of aryl methyl sites for hydroxylation is 1. The zero-order chi connectivity index (χ0) is 23.0. The lowest BCUT2D eigenvalue weighted by molar-refractivity contribution is 0.0701. The lowest BCUT2D eigenvalue weighted by Gasteiger charge is -2.43. The van der Waals surface area contributed by atoms with Gasteiger partial charge in [0.05, 0.1) is 6.42 Å². The Labute approximate surface area is 197 Å². The molecule has 0 bridgehead atoms. The number of piperidine rings is 1. The van der Waals surface area contributed by atoms with Crippen LogP contribution in [0.5, 0.6) is 0 Å². The van der Waals surface area contributed by atoms with Gasteiger partial charge in [-0.1, -0.05) is 24.3 Å². The molecule has 1 fully saturated rings. The van der Waals surface area contributed by atoms with Gasteiger partial charge >= 0.3 is 0 Å². The molecule has 0 atom stereocenters. The van der Waals surface area contributed by atoms with Crippen LogP contribution in [0.1, 0.15) is 46.6 Å². The number of carbonyl (C=O) groups is 1. The van der Waals surface area contributed by atoms with Gasteiger partial charge in [-0.15, -0.1) is 20.4 Å². The van der Waals surface area contributed by atoms with E-state index in [9.17, 15) is 4.79 Å². The van der Waals surface area contributed by atoms with E-state index < -0.39 is 0 Å². The maximum Gasteiger partial charge on any atom is 0.268 e. The number of hydrogen-bond donors (Lipinski definition) is 0. The average Bonchev–Trinajstić information content (AvgIpc) is 3.36. The average molecular weight is 453 g/mol. The van der Waals surface area contributed by atoms with Crippen LogP contribution in [0.25, 0.3) is 11.6 Å². The van der Waals surface area contributed by atoms with Crippen molar-refractivity contribution in [1.82, 2.24) is 25.4 Å². The van der Waals surface area contributed by atoms with E-state index in [1.165, 1.54) is 5.56 Å². The summed E-state index contributed by atoms with van der Waals surface area (Å²) in [5, 5.41) is 17.0. The monoisotopic (exact) mass is 452 g/mol. The number of aromatic nitrogens is 5. The summed E-state index contributed by atoms with van der Waals surface area (Å²) in [7, 11) is 0. The fourth-order valence-electron chi connectivity index (χ4n) is 5.09. The van der Waals surface area contributed by atoms with Crippen LogP contribution in [0, 0.1) is 5.41 Å². The lowest BCUT2D eigenvalue weighted by Crippen LogP contribution is -2.46. The summed E-state index contributed by atoms with van der Waals surface area (Å²) < 4.78 is 5.78. The molecule has 1 spiro atoms. The molecular formula is C26H24N6O2. The second-order valence-electron chi connectivity index (χ2n) is 9.06. The molecule has 2 aliphatic rings. The SMILES string of the molecule is O=C1c2ccccc2CCC12CCN(c1ccc(-c3nnc(Cc4ccncc4)o3)nn1)CC2. The van der Waals surface area contributed by atoms with Crippen LogP contribution in [0.3, 0.4) is 0 Å². The number of hydrogen-bond acceptors (Lipinski definition) is 8. The Morgan fingerprint density at radius 1 is 0.882 bits per heavy atom. The van der Waals surface area contributed by atoms with E-state index >= 15 is 0 Å². The summed E-state index contributed by atoms with van der Waals surface area (Å²) in [4.78, 5) is 19.5. The van der Waals surface area contributed by atoms with E-state index in [1.54, 1.807) is 12.4 Å². The molecule has 0 amide bonds. The van der Waals surface area contributed by atoms with Crippen molar-refractivity contribution in [3.63, 3.8) is 0 Å². The Hall–Kier alpha value is -3.94. The van der Waals surface area contributed by atoms with Crippen LogP contribution in [0.2, 0.25) is 0 Å². The number of rotatable bonds is 4. The first kappa shape index (κ1) is 20.7. The van der Waals surface area contributed by atoms with Crippen molar-refractivity contribution in [3.8, 4) is 11.6 Å². The van der Waals surface area contributed by atoms with Gasteiger partial charge in [-0.05, 0) is 61.1 Å². The predicted molar refractivity (Wildman–Crippen MR) is 125 cm³/mol. The molecule has 0 unspecified atom stereocenters. The third-order valence-electron chi connectivity index (χ3n) is 7.10. The first-order chi connectivity index (χ1) is 16.7. The van der Waals surface area contributed by atoms with Gasteiger partial charge in [0.2, 0.25) is 5.89 Å². The molecule has 1 aliphatic carbocycles. The highest BCUT2D eigenvalue weighted by atomic mass is 16.4. The van der Waals surface area contributed by atoms with Crippen molar-refractivity contribution in [2.24, 2.45) is 5.41 Å². The number of carbonyl (C=O) groups excluding carboxylic acids is 1. The highest BCUT2D eigenvalue weighted by Crippen LogP contribution is 2.43. The molecule has 170 valence electrons. The number of fused-ring (bicyclic) bond motifs is 1. The second-order valence-corrected chi connectivity index (χ2v) is 9.06. The Morgan fingerprint density at radius 2 is 1.71 bits per heavy atom. The third kappa shape index (κ3) is 3.75. The molecule has 8 heteroatoms. The molecular weight excluding hydrogens is 428 g/mol. The van der Waals surface area contributed by atoms with Crippen molar-refractivity contribution in [2.75, 3.05) is 18.0 Å². The number of anilines is 1. The molecule has 8 nitrogen and oxygen atoms in total. The fourth-order valence-corrected chi connectivity index (χ4v) is 5.09. The fraction of sp³-hybridized carbons (Fsp3) is 0.308. The third-order valence-corrected chi connectivity index (χ3v) is 7.10. The van der Waals surface area contributed by atoms with Gasteiger partial charge in [0.15, 0.2) is 11.6 Å². The van der Waals surface area contributed by atoms with Crippen LogP contribution in [0.4, 0.5) is 5.82 Å². The smallest absolute Gasteiger partial charge is 0.268 e. The van der Waals surface area contributed by atoms with Crippen LogP contribution in [-0.4, -0.2) is 44.3 Å². The number of pyridine rings is 1. The van der Waals surface area contributed by atoms with Crippen molar-refractivity contribution < 1.29 is 9.21 Å². The maximum atomic E-state index is 13.3. The zero-order valence-corrected chi connectivity index (χ0v) is 18.7. The zero-order valence-electron chi connectivity index (χ0n) is 18.7. The Morgan fingerprint density at radius 3 is 2.50 bits per heavy atom. The first-order valence-corrected chi connectivity index (χ1v) is 11.6. The normalized spacial score (nSPS) is 17.1. The van der Waals surface area contributed by atoms with E-state index in [0.29, 0.717) is 29.7 Å². The molecule has 0 saturated carbocycles. The number of ketones is 1. The predicted octanol–water partition coefficient (Wildman–Crippen LogP) is 3.93. The van der Waals surface area contributed by atoms with Gasteiger partial charge < -0.3 is 9.32 Å². The number of Topliss-reactive ketones (excluding diaryl/α,β-unsaturated/α-hetero) is 1. The van der Waals surface area contributed by atoms with Crippen molar-refractivity contribution in [2.45, 2.75) is 32.1 Å². The summed E-state index contributed by atoms with van der Waals surface area (Å²) in [5.41, 5.74) is 3.45. The quantitative estimate of drug-likeness (QED) is 0.459. The van der Waals surface area contributed by atoms with E-state index in [1.807, 2.05) is 42.5 Å². The molecule has 1 aromatic carbocycles. The lowest BCUT2D eigenvalue weighted by atomic mass is 9.65. The Bertz CT molecular complexity index is 1310.